The van der Waals surface area contributed by atoms with Gasteiger partial charge in [-0.1, -0.05) is 12.8 Å². The Hall–Kier alpha value is -2.18. The monoisotopic (exact) mass is 277 g/mol. The fourth-order valence-corrected chi connectivity index (χ4v) is 2.40. The van der Waals surface area contributed by atoms with Gasteiger partial charge in [-0.05, 0) is 19.8 Å². The number of carbonyl (C=O) groups is 2. The van der Waals surface area contributed by atoms with E-state index in [-0.39, 0.29) is 5.91 Å². The first-order valence-corrected chi connectivity index (χ1v) is 6.76. The smallest absolute Gasteiger partial charge is 0.255 e. The van der Waals surface area contributed by atoms with Crippen LogP contribution in [0.1, 0.15) is 43.0 Å². The van der Waals surface area contributed by atoms with Gasteiger partial charge in [0.15, 0.2) is 0 Å². The van der Waals surface area contributed by atoms with E-state index in [1.807, 2.05) is 6.92 Å². The average molecular weight is 277 g/mol. The summed E-state index contributed by atoms with van der Waals surface area (Å²) in [5.41, 5.74) is 4.83. The van der Waals surface area contributed by atoms with Gasteiger partial charge in [0.25, 0.3) is 5.91 Å². The highest BCUT2D eigenvalue weighted by molar-refractivity contribution is 5.98. The molecule has 20 heavy (non-hydrogen) atoms. The van der Waals surface area contributed by atoms with E-state index in [4.69, 9.17) is 5.73 Å². The first kappa shape index (κ1) is 14.2. The molecule has 0 aliphatic heterocycles. The molecule has 1 saturated carbocycles. The maximum absolute atomic E-state index is 12.2. The number of anilines is 1. The zero-order chi connectivity index (χ0) is 14.6. The predicted molar refractivity (Wildman–Crippen MR) is 74.1 cm³/mol. The Morgan fingerprint density at radius 3 is 2.40 bits per heavy atom. The van der Waals surface area contributed by atoms with Gasteiger partial charge in [-0.25, -0.2) is 9.97 Å². The Labute approximate surface area is 117 Å². The number of hydrogen-bond donors (Lipinski definition) is 3. The van der Waals surface area contributed by atoms with E-state index in [0.717, 1.165) is 12.8 Å². The second-order valence-corrected chi connectivity index (χ2v) is 4.93. The van der Waals surface area contributed by atoms with E-state index in [1.165, 1.54) is 12.4 Å². The van der Waals surface area contributed by atoms with E-state index < -0.39 is 11.4 Å². The maximum atomic E-state index is 12.2. The molecule has 2 rings (SSSR count). The van der Waals surface area contributed by atoms with E-state index >= 15 is 0 Å². The third-order valence-electron chi connectivity index (χ3n) is 3.53. The van der Waals surface area contributed by atoms with Crippen molar-refractivity contribution < 1.29 is 9.59 Å². The third kappa shape index (κ3) is 2.87. The van der Waals surface area contributed by atoms with Crippen molar-refractivity contribution in [3.05, 3.63) is 18.0 Å². The molecule has 4 N–H and O–H groups in total. The Morgan fingerprint density at radius 1 is 1.30 bits per heavy atom. The molecular weight excluding hydrogens is 258 g/mol. The maximum Gasteiger partial charge on any atom is 0.255 e. The van der Waals surface area contributed by atoms with Crippen molar-refractivity contribution in [1.82, 2.24) is 15.3 Å². The minimum atomic E-state index is -0.919. The molecule has 0 radical (unpaired) electrons. The molecule has 1 aliphatic carbocycles. The van der Waals surface area contributed by atoms with Crippen LogP contribution >= 0.6 is 0 Å². The van der Waals surface area contributed by atoms with E-state index in [1.54, 1.807) is 0 Å². The quantitative estimate of drug-likeness (QED) is 0.723. The van der Waals surface area contributed by atoms with Crippen LogP contribution in [0.3, 0.4) is 0 Å². The van der Waals surface area contributed by atoms with Gasteiger partial charge in [-0.3, -0.25) is 9.59 Å². The fourth-order valence-electron chi connectivity index (χ4n) is 2.40. The summed E-state index contributed by atoms with van der Waals surface area (Å²) in [5.74, 6) is -0.378. The molecule has 1 aliphatic rings. The number of nitrogens with two attached hydrogens (primary N) is 1. The zero-order valence-corrected chi connectivity index (χ0v) is 11.5. The Balaban J connectivity index is 2.09. The van der Waals surface area contributed by atoms with Crippen LogP contribution in [-0.2, 0) is 4.79 Å². The Morgan fingerprint density at radius 2 is 1.90 bits per heavy atom. The molecule has 1 fully saturated rings. The average Bonchev–Trinajstić information content (AvgIpc) is 2.90. The number of rotatable bonds is 5. The lowest BCUT2D eigenvalue weighted by Gasteiger charge is -2.26. The fraction of sp³-hybridized carbons (Fsp3) is 0.538. The van der Waals surface area contributed by atoms with Gasteiger partial charge in [0.1, 0.15) is 5.54 Å². The molecule has 0 unspecified atom stereocenters. The topological polar surface area (TPSA) is 110 Å². The van der Waals surface area contributed by atoms with Crippen LogP contribution in [0, 0.1) is 0 Å². The highest BCUT2D eigenvalue weighted by atomic mass is 16.2. The van der Waals surface area contributed by atoms with Crippen molar-refractivity contribution in [2.45, 2.75) is 38.1 Å². The summed E-state index contributed by atoms with van der Waals surface area (Å²) in [5, 5.41) is 5.69. The molecule has 2 amide bonds. The first-order valence-electron chi connectivity index (χ1n) is 6.76. The number of carbonyl (C=O) groups excluding carboxylic acids is 2. The summed E-state index contributed by atoms with van der Waals surface area (Å²) in [4.78, 5) is 31.8. The first-order chi connectivity index (χ1) is 9.57. The van der Waals surface area contributed by atoms with Gasteiger partial charge in [0.2, 0.25) is 11.9 Å². The van der Waals surface area contributed by atoms with Crippen LogP contribution in [-0.4, -0.2) is 33.9 Å². The van der Waals surface area contributed by atoms with Crippen LogP contribution in [0.4, 0.5) is 5.95 Å². The number of aromatic nitrogens is 2. The molecule has 0 atom stereocenters. The Bertz CT molecular complexity index is 494. The summed E-state index contributed by atoms with van der Waals surface area (Å²) < 4.78 is 0. The SMILES string of the molecule is CCNc1ncc(C(=O)NC2(C(N)=O)CCCC2)cn1. The van der Waals surface area contributed by atoms with Crippen molar-refractivity contribution >= 4 is 17.8 Å². The molecule has 0 bridgehead atoms. The highest BCUT2D eigenvalue weighted by Crippen LogP contribution is 2.29. The van der Waals surface area contributed by atoms with Gasteiger partial charge in [0, 0.05) is 18.9 Å². The number of hydrogen-bond acceptors (Lipinski definition) is 5. The second-order valence-electron chi connectivity index (χ2n) is 4.93. The van der Waals surface area contributed by atoms with Crippen LogP contribution < -0.4 is 16.4 Å². The molecule has 1 heterocycles. The molecule has 0 aromatic carbocycles. The predicted octanol–water partition coefficient (Wildman–Crippen LogP) is 0.436. The van der Waals surface area contributed by atoms with E-state index in [2.05, 4.69) is 20.6 Å². The van der Waals surface area contributed by atoms with Crippen molar-refractivity contribution in [2.24, 2.45) is 5.73 Å². The normalized spacial score (nSPS) is 16.6. The lowest BCUT2D eigenvalue weighted by Crippen LogP contribution is -2.55. The number of amides is 2. The summed E-state index contributed by atoms with van der Waals surface area (Å²) >= 11 is 0. The molecule has 1 aromatic rings. The minimum absolute atomic E-state index is 0.319. The second kappa shape index (κ2) is 5.85. The third-order valence-corrected chi connectivity index (χ3v) is 3.53. The largest absolute Gasteiger partial charge is 0.368 e. The summed E-state index contributed by atoms with van der Waals surface area (Å²) in [7, 11) is 0. The van der Waals surface area contributed by atoms with Crippen molar-refractivity contribution in [2.75, 3.05) is 11.9 Å². The molecule has 7 heteroatoms. The number of primary amides is 1. The molecule has 108 valence electrons. The van der Waals surface area contributed by atoms with Crippen LogP contribution in [0.2, 0.25) is 0 Å². The summed E-state index contributed by atoms with van der Waals surface area (Å²) in [6.45, 7) is 2.64. The van der Waals surface area contributed by atoms with Gasteiger partial charge < -0.3 is 16.4 Å². The molecule has 1 aromatic heterocycles. The lowest BCUT2D eigenvalue weighted by molar-refractivity contribution is -0.123. The zero-order valence-electron chi connectivity index (χ0n) is 11.5. The molecular formula is C13H19N5O2. The van der Waals surface area contributed by atoms with Crippen molar-refractivity contribution in [1.29, 1.82) is 0 Å². The Kier molecular flexibility index (Phi) is 4.16. The van der Waals surface area contributed by atoms with Crippen LogP contribution in [0.15, 0.2) is 12.4 Å². The standard InChI is InChI=1S/C13H19N5O2/c1-2-15-12-16-7-9(8-17-12)10(19)18-13(11(14)20)5-3-4-6-13/h7-8H,2-6H2,1H3,(H2,14,20)(H,18,19)(H,15,16,17). The molecule has 0 saturated heterocycles. The van der Waals surface area contributed by atoms with Crippen molar-refractivity contribution in [3.8, 4) is 0 Å². The minimum Gasteiger partial charge on any atom is -0.368 e. The van der Waals surface area contributed by atoms with E-state index in [0.29, 0.717) is 30.9 Å². The molecule has 7 nitrogen and oxygen atoms in total. The summed E-state index contributed by atoms with van der Waals surface area (Å²) in [6.07, 6.45) is 5.82. The van der Waals surface area contributed by atoms with E-state index in [9.17, 15) is 9.59 Å². The van der Waals surface area contributed by atoms with Crippen molar-refractivity contribution in [3.63, 3.8) is 0 Å². The van der Waals surface area contributed by atoms with Gasteiger partial charge in [0.05, 0.1) is 5.56 Å². The highest BCUT2D eigenvalue weighted by Gasteiger charge is 2.41. The summed E-state index contributed by atoms with van der Waals surface area (Å²) in [6, 6.07) is 0. The van der Waals surface area contributed by atoms with Crippen LogP contribution in [0.25, 0.3) is 0 Å². The van der Waals surface area contributed by atoms with Gasteiger partial charge in [-0.15, -0.1) is 0 Å². The van der Waals surface area contributed by atoms with Gasteiger partial charge in [-0.2, -0.15) is 0 Å². The van der Waals surface area contributed by atoms with Gasteiger partial charge >= 0.3 is 0 Å². The van der Waals surface area contributed by atoms with Crippen LogP contribution in [0.5, 0.6) is 0 Å². The number of nitrogens with zero attached hydrogens (tertiary/aromatic N) is 2. The number of nitrogens with one attached hydrogen (secondary N) is 2. The molecule has 0 spiro atoms. The lowest BCUT2D eigenvalue weighted by atomic mass is 9.96.